The number of nitrogens with zero attached hydrogens (tertiary/aromatic N) is 18. The fourth-order valence-electron chi connectivity index (χ4n) is 13.1. The van der Waals surface area contributed by atoms with Crippen LogP contribution in [0.15, 0.2) is 91.4 Å². The van der Waals surface area contributed by atoms with E-state index in [2.05, 4.69) is 107 Å². The second-order valence-corrected chi connectivity index (χ2v) is 25.1. The summed E-state index contributed by atoms with van der Waals surface area (Å²) in [5, 5.41) is 48.4. The van der Waals surface area contributed by atoms with E-state index in [1.165, 1.54) is 24.6 Å². The first-order chi connectivity index (χ1) is 42.9. The van der Waals surface area contributed by atoms with E-state index in [4.69, 9.17) is 0 Å². The van der Waals surface area contributed by atoms with Crippen LogP contribution in [0, 0.1) is 64.4 Å². The lowest BCUT2D eigenvalue weighted by Gasteiger charge is -2.48. The fourth-order valence-corrected chi connectivity index (χ4v) is 13.1. The minimum atomic E-state index is -0.320. The van der Waals surface area contributed by atoms with Gasteiger partial charge in [0.05, 0.1) is 75.0 Å². The zero-order chi connectivity index (χ0) is 61.6. The Balaban J connectivity index is 0.000000117. The molecule has 89 heavy (non-hydrogen) atoms. The molecule has 4 aliphatic rings. The predicted octanol–water partition coefficient (Wildman–Crippen LogP) is 10.1. The van der Waals surface area contributed by atoms with Crippen molar-refractivity contribution in [2.24, 2.45) is 5.41 Å². The number of aryl methyl sites for hydroxylation is 6. The van der Waals surface area contributed by atoms with Crippen molar-refractivity contribution >= 4 is 61.3 Å². The summed E-state index contributed by atoms with van der Waals surface area (Å²) in [5.74, 6) is 0.833. The van der Waals surface area contributed by atoms with E-state index >= 15 is 8.78 Å². The van der Waals surface area contributed by atoms with Crippen molar-refractivity contribution in [2.75, 3.05) is 69.2 Å². The smallest absolute Gasteiger partial charge is 0.156 e. The standard InChI is InChI=1S/C23H26FN7.C22H22FN7.C21H21FN6/c1-13-6-20(28-31-10-14(2)25-23(13)31)17-7-19(24)18-9-22(27-26-21(18)8-17)30-12-15(3)29(5)11-16(30)4;1-13-5-18(28-30-9-14(2)25-21(13)30)15-6-17(23)16-8-20(27-26-19(16)7-15)29-11-22(12-29)3-4-24-10-22;1-12-6-19(27-28-11-13(2)24-21(12)28)15-7-17(22)16-9-18(25-26-20(16)8-15)14-4-3-5-23-10-14/h6-10,15-16H,11-12H2,1-5H3;5-9,24H,3-4,10-12H2,1-2H3;6-9,11,14,23H,3-5,10H2,1-2H3/t15-,16-;;/m0../s1. The first-order valence-electron chi connectivity index (χ1n) is 30.4. The van der Waals surface area contributed by atoms with Crippen molar-refractivity contribution in [2.45, 2.75) is 92.7 Å². The molecule has 4 fully saturated rings. The molecule has 454 valence electrons. The molecule has 9 aromatic heterocycles. The van der Waals surface area contributed by atoms with Gasteiger partial charge in [0.15, 0.2) is 28.6 Å². The number of piperidine rings is 1. The summed E-state index contributed by atoms with van der Waals surface area (Å²) >= 11 is 0. The monoisotopic (exact) mass is 1200 g/mol. The minimum Gasteiger partial charge on any atom is -0.354 e. The molecule has 16 rings (SSSR count). The van der Waals surface area contributed by atoms with E-state index in [-0.39, 0.29) is 23.5 Å². The highest BCUT2D eigenvalue weighted by Gasteiger charge is 2.45. The largest absolute Gasteiger partial charge is 0.354 e. The summed E-state index contributed by atoms with van der Waals surface area (Å²) in [7, 11) is 2.13. The number of aromatic nitrogens is 15. The minimum absolute atomic E-state index is 0.285. The van der Waals surface area contributed by atoms with Crippen LogP contribution < -0.4 is 20.4 Å². The summed E-state index contributed by atoms with van der Waals surface area (Å²) in [6, 6.07) is 22.1. The Morgan fingerprint density at radius 3 is 1.45 bits per heavy atom. The van der Waals surface area contributed by atoms with Crippen molar-refractivity contribution < 1.29 is 13.2 Å². The summed E-state index contributed by atoms with van der Waals surface area (Å²) < 4.78 is 50.5. The highest BCUT2D eigenvalue weighted by atomic mass is 19.1. The van der Waals surface area contributed by atoms with Crippen LogP contribution in [0.5, 0.6) is 0 Å². The number of halogens is 3. The van der Waals surface area contributed by atoms with Gasteiger partial charge in [0.2, 0.25) is 0 Å². The Kier molecular flexibility index (Phi) is 14.7. The van der Waals surface area contributed by atoms with Crippen LogP contribution in [0.1, 0.15) is 78.5 Å². The average molecular weight is 1200 g/mol. The predicted molar refractivity (Wildman–Crippen MR) is 339 cm³/mol. The molecule has 3 aromatic carbocycles. The average Bonchev–Trinajstić information content (AvgIpc) is 2.02. The van der Waals surface area contributed by atoms with Crippen molar-refractivity contribution in [3.05, 3.63) is 148 Å². The van der Waals surface area contributed by atoms with E-state index < -0.39 is 0 Å². The molecule has 23 heteroatoms. The highest BCUT2D eigenvalue weighted by Crippen LogP contribution is 2.40. The van der Waals surface area contributed by atoms with Crippen LogP contribution in [0.4, 0.5) is 24.8 Å². The fraction of sp³-hybridized carbons (Fsp3) is 0.364. The lowest BCUT2D eigenvalue weighted by molar-refractivity contribution is 0.205. The van der Waals surface area contributed by atoms with Gasteiger partial charge in [0.25, 0.3) is 0 Å². The number of anilines is 2. The Hall–Kier alpha value is -9.19. The maximum Gasteiger partial charge on any atom is 0.156 e. The van der Waals surface area contributed by atoms with E-state index in [1.54, 1.807) is 13.5 Å². The van der Waals surface area contributed by atoms with Crippen molar-refractivity contribution in [3.63, 3.8) is 0 Å². The van der Waals surface area contributed by atoms with E-state index in [9.17, 15) is 4.39 Å². The molecule has 0 amide bonds. The molecule has 3 atom stereocenters. The van der Waals surface area contributed by atoms with Gasteiger partial charge in [0, 0.05) is 95.5 Å². The molecule has 1 spiro atoms. The number of rotatable bonds is 6. The zero-order valence-electron chi connectivity index (χ0n) is 51.4. The van der Waals surface area contributed by atoms with Gasteiger partial charge in [-0.1, -0.05) is 0 Å². The van der Waals surface area contributed by atoms with Crippen LogP contribution in [0.25, 0.3) is 83.4 Å². The number of nitrogens with one attached hydrogen (secondary N) is 2. The molecule has 20 nitrogen and oxygen atoms in total. The first-order valence-corrected chi connectivity index (χ1v) is 30.4. The van der Waals surface area contributed by atoms with Crippen LogP contribution in [-0.2, 0) is 0 Å². The lowest BCUT2D eigenvalue weighted by Crippen LogP contribution is -2.57. The lowest BCUT2D eigenvalue weighted by atomic mass is 9.79. The highest BCUT2D eigenvalue weighted by molar-refractivity contribution is 5.88. The number of fused-ring (bicyclic) bond motifs is 6. The number of hydrogen-bond donors (Lipinski definition) is 2. The molecule has 13 heterocycles. The number of benzene rings is 3. The molecule has 2 N–H and O–H groups in total. The van der Waals surface area contributed by atoms with E-state index in [0.717, 1.165) is 133 Å². The Labute approximate surface area is 511 Å². The van der Waals surface area contributed by atoms with Crippen LogP contribution in [0.3, 0.4) is 0 Å². The van der Waals surface area contributed by atoms with Gasteiger partial charge >= 0.3 is 0 Å². The summed E-state index contributed by atoms with van der Waals surface area (Å²) in [6.45, 7) is 23.8. The van der Waals surface area contributed by atoms with Crippen molar-refractivity contribution in [3.8, 4) is 33.8 Å². The van der Waals surface area contributed by atoms with E-state index in [1.807, 2.05) is 115 Å². The Bertz CT molecular complexity index is 4730. The SMILES string of the molecule is Cc1cn2nc(-c3cc(F)c4cc(C5CCCNC5)nnc4c3)cc(C)c2n1.Cc1cn2nc(-c3cc(F)c4cc(N5CC6(CCNC6)C5)nnc4c3)cc(C)c2n1.Cc1cn2nc(-c3cc(F)c4cc(N5C[C@H](C)N(C)C[C@@H]5C)nnc4c3)cc(C)c2n1. The Morgan fingerprint density at radius 1 is 0.506 bits per heavy atom. The number of piperazine rings is 1. The van der Waals surface area contributed by atoms with Gasteiger partial charge in [-0.3, -0.25) is 4.90 Å². The number of imidazole rings is 3. The number of hydrogen-bond acceptors (Lipinski definition) is 17. The van der Waals surface area contributed by atoms with Crippen molar-refractivity contribution in [1.29, 1.82) is 0 Å². The maximum atomic E-state index is 15.2. The third-order valence-corrected chi connectivity index (χ3v) is 18.0. The molecule has 0 bridgehead atoms. The molecule has 0 aliphatic carbocycles. The molecule has 0 radical (unpaired) electrons. The molecule has 1 unspecified atom stereocenters. The molecular weight excluding hydrogens is 1130 g/mol. The summed E-state index contributed by atoms with van der Waals surface area (Å²) in [6.07, 6.45) is 8.96. The third-order valence-electron chi connectivity index (χ3n) is 18.0. The quantitative estimate of drug-likeness (QED) is 0.159. The third kappa shape index (κ3) is 11.1. The molecule has 12 aromatic rings. The topological polar surface area (TPSA) is 202 Å². The molecular formula is C66H69F3N20. The summed E-state index contributed by atoms with van der Waals surface area (Å²) in [4.78, 5) is 20.2. The van der Waals surface area contributed by atoms with Gasteiger partial charge in [-0.05, 0) is 184 Å². The van der Waals surface area contributed by atoms with Gasteiger partial charge in [-0.15, -0.1) is 20.4 Å². The first kappa shape index (κ1) is 57.5. The zero-order valence-corrected chi connectivity index (χ0v) is 51.4. The second-order valence-electron chi connectivity index (χ2n) is 25.1. The van der Waals surface area contributed by atoms with Crippen LogP contribution in [0.2, 0.25) is 0 Å². The summed E-state index contributed by atoms with van der Waals surface area (Å²) in [5.41, 5.74) is 15.0. The van der Waals surface area contributed by atoms with Gasteiger partial charge in [0.1, 0.15) is 17.5 Å². The van der Waals surface area contributed by atoms with Gasteiger partial charge in [-0.25, -0.2) is 41.7 Å². The van der Waals surface area contributed by atoms with Gasteiger partial charge < -0.3 is 20.4 Å². The number of likely N-dealkylation sites (N-methyl/N-ethyl adjacent to an activating group) is 1. The van der Waals surface area contributed by atoms with Gasteiger partial charge in [-0.2, -0.15) is 25.5 Å². The second kappa shape index (κ2) is 22.8. The van der Waals surface area contributed by atoms with Crippen LogP contribution >= 0.6 is 0 Å². The van der Waals surface area contributed by atoms with E-state index in [0.29, 0.717) is 83.9 Å². The molecule has 4 aliphatic heterocycles. The maximum absolute atomic E-state index is 15.2. The van der Waals surface area contributed by atoms with Crippen molar-refractivity contribution in [1.82, 2.24) is 89.9 Å². The Morgan fingerprint density at radius 2 is 0.978 bits per heavy atom. The van der Waals surface area contributed by atoms with Crippen LogP contribution in [-0.4, -0.2) is 151 Å². The molecule has 4 saturated heterocycles. The normalized spacial score (nSPS) is 18.5. The molecule has 0 saturated carbocycles.